The van der Waals surface area contributed by atoms with E-state index in [0.29, 0.717) is 23.0 Å². The summed E-state index contributed by atoms with van der Waals surface area (Å²) in [7, 11) is 0. The predicted octanol–water partition coefficient (Wildman–Crippen LogP) is 3.88. The van der Waals surface area contributed by atoms with E-state index in [2.05, 4.69) is 0 Å². The van der Waals surface area contributed by atoms with E-state index in [0.717, 1.165) is 28.3 Å². The van der Waals surface area contributed by atoms with Gasteiger partial charge in [-0.2, -0.15) is 0 Å². The zero-order valence-electron chi connectivity index (χ0n) is 12.6. The second kappa shape index (κ2) is 6.56. The lowest BCUT2D eigenvalue weighted by Gasteiger charge is -2.10. The fourth-order valence-electron chi connectivity index (χ4n) is 2.56. The van der Waals surface area contributed by atoms with Gasteiger partial charge in [0.05, 0.1) is 28.0 Å². The summed E-state index contributed by atoms with van der Waals surface area (Å²) < 4.78 is 7.66. The maximum atomic E-state index is 6.13. The molecule has 0 radical (unpaired) electrons. The Kier molecular flexibility index (Phi) is 4.50. The Morgan fingerprint density at radius 2 is 2.09 bits per heavy atom. The minimum atomic E-state index is 0.405. The van der Waals surface area contributed by atoms with Crippen LogP contribution in [0.2, 0.25) is 5.02 Å². The van der Waals surface area contributed by atoms with Crippen molar-refractivity contribution in [3.63, 3.8) is 0 Å². The Morgan fingerprint density at radius 3 is 2.83 bits per heavy atom. The molecule has 0 fully saturated rings. The highest BCUT2D eigenvalue weighted by molar-refractivity contribution is 7.80. The van der Waals surface area contributed by atoms with E-state index in [9.17, 15) is 0 Å². The van der Waals surface area contributed by atoms with E-state index >= 15 is 0 Å². The van der Waals surface area contributed by atoms with Crippen LogP contribution in [0.25, 0.3) is 16.9 Å². The molecule has 0 aliphatic heterocycles. The summed E-state index contributed by atoms with van der Waals surface area (Å²) in [6.45, 7) is 2.54. The number of thiocarbonyl (C=S) groups is 1. The summed E-state index contributed by atoms with van der Waals surface area (Å²) in [4.78, 5) is 5.13. The molecule has 2 aromatic heterocycles. The average molecular weight is 346 g/mol. The number of nitrogens with zero attached hydrogens (tertiary/aromatic N) is 2. The van der Waals surface area contributed by atoms with Crippen molar-refractivity contribution >= 4 is 34.5 Å². The van der Waals surface area contributed by atoms with Crippen molar-refractivity contribution in [1.29, 1.82) is 0 Å². The molecule has 23 heavy (non-hydrogen) atoms. The van der Waals surface area contributed by atoms with Crippen LogP contribution in [0, 0.1) is 0 Å². The molecule has 118 valence electrons. The van der Waals surface area contributed by atoms with Crippen molar-refractivity contribution in [3.8, 4) is 17.0 Å². The number of hydrogen-bond acceptors (Lipinski definition) is 3. The molecule has 0 unspecified atom stereocenters. The van der Waals surface area contributed by atoms with Gasteiger partial charge in [0.25, 0.3) is 0 Å². The van der Waals surface area contributed by atoms with Gasteiger partial charge in [0.2, 0.25) is 0 Å². The van der Waals surface area contributed by atoms with E-state index in [4.69, 9.17) is 39.3 Å². The largest absolute Gasteiger partial charge is 0.493 e. The number of imidazole rings is 1. The predicted molar refractivity (Wildman–Crippen MR) is 97.3 cm³/mol. The van der Waals surface area contributed by atoms with Gasteiger partial charge in [0, 0.05) is 18.2 Å². The highest BCUT2D eigenvalue weighted by Gasteiger charge is 2.18. The van der Waals surface area contributed by atoms with Gasteiger partial charge in [-0.1, -0.05) is 36.0 Å². The second-order valence-corrected chi connectivity index (χ2v) is 6.02. The minimum absolute atomic E-state index is 0.405. The summed E-state index contributed by atoms with van der Waals surface area (Å²) in [6, 6.07) is 11.5. The molecule has 1 aromatic carbocycles. The van der Waals surface area contributed by atoms with Crippen molar-refractivity contribution in [2.75, 3.05) is 6.61 Å². The first kappa shape index (κ1) is 15.8. The Balaban J connectivity index is 2.26. The molecule has 0 aliphatic rings. The standard InChI is InChI=1S/C17H16ClN3OS/c1-2-22-14-6-4-3-5-12(14)17-13(9-15(19)23)21-10-11(18)7-8-16(21)20-17/h3-8,10H,2,9H2,1H3,(H2,19,23). The molecule has 6 heteroatoms. The van der Waals surface area contributed by atoms with Crippen LogP contribution in [0.15, 0.2) is 42.6 Å². The summed E-state index contributed by atoms with van der Waals surface area (Å²) in [5.74, 6) is 0.786. The van der Waals surface area contributed by atoms with Gasteiger partial charge < -0.3 is 14.9 Å². The van der Waals surface area contributed by atoms with Crippen LogP contribution >= 0.6 is 23.8 Å². The minimum Gasteiger partial charge on any atom is -0.493 e. The zero-order chi connectivity index (χ0) is 16.4. The van der Waals surface area contributed by atoms with Crippen LogP contribution in [0.5, 0.6) is 5.75 Å². The van der Waals surface area contributed by atoms with E-state index in [1.165, 1.54) is 0 Å². The molecule has 3 aromatic rings. The van der Waals surface area contributed by atoms with Gasteiger partial charge in [-0.15, -0.1) is 0 Å². The average Bonchev–Trinajstić information content (AvgIpc) is 2.86. The van der Waals surface area contributed by atoms with Gasteiger partial charge in [-0.05, 0) is 31.2 Å². The lowest BCUT2D eigenvalue weighted by atomic mass is 10.1. The molecular weight excluding hydrogens is 330 g/mol. The molecule has 0 aliphatic carbocycles. The number of para-hydroxylation sites is 1. The van der Waals surface area contributed by atoms with Crippen LogP contribution in [0.3, 0.4) is 0 Å². The van der Waals surface area contributed by atoms with Crippen molar-refractivity contribution in [1.82, 2.24) is 9.38 Å². The number of aromatic nitrogens is 2. The first-order valence-electron chi connectivity index (χ1n) is 7.27. The maximum Gasteiger partial charge on any atom is 0.137 e. The van der Waals surface area contributed by atoms with Gasteiger partial charge >= 0.3 is 0 Å². The third kappa shape index (κ3) is 3.16. The number of pyridine rings is 1. The lowest BCUT2D eigenvalue weighted by Crippen LogP contribution is -2.13. The molecule has 0 saturated heterocycles. The summed E-state index contributed by atoms with van der Waals surface area (Å²) in [5, 5.41) is 0.628. The topological polar surface area (TPSA) is 52.5 Å². The third-order valence-electron chi connectivity index (χ3n) is 3.47. The number of hydrogen-bond donors (Lipinski definition) is 1. The number of halogens is 1. The molecular formula is C17H16ClN3OS. The quantitative estimate of drug-likeness (QED) is 0.713. The molecule has 0 bridgehead atoms. The first-order valence-corrected chi connectivity index (χ1v) is 8.05. The zero-order valence-corrected chi connectivity index (χ0v) is 14.2. The fourth-order valence-corrected chi connectivity index (χ4v) is 2.86. The highest BCUT2D eigenvalue weighted by atomic mass is 35.5. The lowest BCUT2D eigenvalue weighted by molar-refractivity contribution is 0.341. The monoisotopic (exact) mass is 345 g/mol. The maximum absolute atomic E-state index is 6.13. The highest BCUT2D eigenvalue weighted by Crippen LogP contribution is 2.33. The van der Waals surface area contributed by atoms with Crippen LogP contribution in [-0.4, -0.2) is 21.0 Å². The van der Waals surface area contributed by atoms with Gasteiger partial charge in [0.1, 0.15) is 11.4 Å². The molecule has 0 saturated carbocycles. The van der Waals surface area contributed by atoms with E-state index < -0.39 is 0 Å². The van der Waals surface area contributed by atoms with Crippen molar-refractivity contribution in [2.45, 2.75) is 13.3 Å². The van der Waals surface area contributed by atoms with Crippen LogP contribution < -0.4 is 10.5 Å². The Labute approximate surface area is 144 Å². The molecule has 3 rings (SSSR count). The smallest absolute Gasteiger partial charge is 0.137 e. The third-order valence-corrected chi connectivity index (χ3v) is 3.83. The van der Waals surface area contributed by atoms with Crippen LogP contribution in [0.4, 0.5) is 0 Å². The van der Waals surface area contributed by atoms with Crippen molar-refractivity contribution in [2.24, 2.45) is 5.73 Å². The van der Waals surface area contributed by atoms with Crippen LogP contribution in [-0.2, 0) is 6.42 Å². The molecule has 4 nitrogen and oxygen atoms in total. The number of nitrogens with two attached hydrogens (primary N) is 1. The normalized spacial score (nSPS) is 10.9. The van der Waals surface area contributed by atoms with E-state index in [-0.39, 0.29) is 0 Å². The summed E-state index contributed by atoms with van der Waals surface area (Å²) >= 11 is 11.2. The van der Waals surface area contributed by atoms with Gasteiger partial charge in [0.15, 0.2) is 0 Å². The van der Waals surface area contributed by atoms with E-state index in [1.807, 2.05) is 53.9 Å². The molecule has 0 spiro atoms. The molecule has 2 N–H and O–H groups in total. The van der Waals surface area contributed by atoms with Crippen LogP contribution in [0.1, 0.15) is 12.6 Å². The fraction of sp³-hybridized carbons (Fsp3) is 0.176. The number of fused-ring (bicyclic) bond motifs is 1. The summed E-state index contributed by atoms with van der Waals surface area (Å²) in [5.41, 5.74) is 9.21. The van der Waals surface area contributed by atoms with Gasteiger partial charge in [-0.25, -0.2) is 4.98 Å². The Hall–Kier alpha value is -2.11. The molecule has 0 atom stereocenters. The second-order valence-electron chi connectivity index (χ2n) is 5.05. The van der Waals surface area contributed by atoms with E-state index in [1.54, 1.807) is 0 Å². The van der Waals surface area contributed by atoms with Crippen molar-refractivity contribution in [3.05, 3.63) is 53.3 Å². The van der Waals surface area contributed by atoms with Gasteiger partial charge in [-0.3, -0.25) is 0 Å². The molecule has 0 amide bonds. The Morgan fingerprint density at radius 1 is 1.30 bits per heavy atom. The number of ether oxygens (including phenoxy) is 1. The molecule has 2 heterocycles. The number of benzene rings is 1. The number of rotatable bonds is 5. The Bertz CT molecular complexity index is 875. The van der Waals surface area contributed by atoms with Crippen molar-refractivity contribution < 1.29 is 4.74 Å². The summed E-state index contributed by atoms with van der Waals surface area (Å²) in [6.07, 6.45) is 2.26. The first-order chi connectivity index (χ1) is 11.1. The SMILES string of the molecule is CCOc1ccccc1-c1nc2ccc(Cl)cn2c1CC(N)=S.